The lowest BCUT2D eigenvalue weighted by atomic mass is 10.2. The zero-order chi connectivity index (χ0) is 9.97. The Bertz CT molecular complexity index is 437. The summed E-state index contributed by atoms with van der Waals surface area (Å²) in [6.45, 7) is 1.97. The molecule has 0 saturated carbocycles. The molecule has 0 amide bonds. The Balaban J connectivity index is 2.41. The molecule has 3 heteroatoms. The van der Waals surface area contributed by atoms with Gasteiger partial charge in [-0.2, -0.15) is 0 Å². The van der Waals surface area contributed by atoms with Gasteiger partial charge in [0.25, 0.3) is 0 Å². The van der Waals surface area contributed by atoms with Crippen LogP contribution in [0.2, 0.25) is 0 Å². The van der Waals surface area contributed by atoms with Crippen molar-refractivity contribution in [1.82, 2.24) is 9.97 Å². The second kappa shape index (κ2) is 3.72. The van der Waals surface area contributed by atoms with Gasteiger partial charge in [-0.3, -0.25) is 4.98 Å². The molecule has 0 aliphatic carbocycles. The van der Waals surface area contributed by atoms with E-state index in [9.17, 15) is 0 Å². The fourth-order valence-electron chi connectivity index (χ4n) is 1.42. The fraction of sp³-hybridized carbons (Fsp3) is 0.273. The second-order valence-corrected chi connectivity index (χ2v) is 3.53. The monoisotopic (exact) mass is 187 g/mol. The number of hydrogen-bond donors (Lipinski definition) is 1. The van der Waals surface area contributed by atoms with Gasteiger partial charge in [-0.05, 0) is 19.1 Å². The van der Waals surface area contributed by atoms with Crippen LogP contribution in [0.25, 0.3) is 11.0 Å². The maximum atomic E-state index is 5.70. The van der Waals surface area contributed by atoms with Crippen molar-refractivity contribution >= 4 is 11.0 Å². The molecule has 0 bridgehead atoms. The molecule has 3 nitrogen and oxygen atoms in total. The van der Waals surface area contributed by atoms with Gasteiger partial charge < -0.3 is 5.73 Å². The molecule has 1 heterocycles. The van der Waals surface area contributed by atoms with Crippen LogP contribution in [0.1, 0.15) is 12.6 Å². The number of nitrogens with two attached hydrogens (primary N) is 1. The highest BCUT2D eigenvalue weighted by Crippen LogP contribution is 2.08. The van der Waals surface area contributed by atoms with Crippen LogP contribution in [0, 0.1) is 0 Å². The highest BCUT2D eigenvalue weighted by Gasteiger charge is 2.01. The van der Waals surface area contributed by atoms with Crippen molar-refractivity contribution in [1.29, 1.82) is 0 Å². The first-order chi connectivity index (χ1) is 6.75. The highest BCUT2D eigenvalue weighted by atomic mass is 14.8. The molecule has 0 saturated heterocycles. The molecule has 0 aliphatic rings. The topological polar surface area (TPSA) is 51.8 Å². The number of nitrogens with zero attached hydrogens (tertiary/aromatic N) is 2. The third kappa shape index (κ3) is 1.88. The summed E-state index contributed by atoms with van der Waals surface area (Å²) in [7, 11) is 0. The molecule has 2 aromatic rings. The molecule has 72 valence electrons. The van der Waals surface area contributed by atoms with Gasteiger partial charge in [-0.15, -0.1) is 0 Å². The van der Waals surface area contributed by atoms with Crippen LogP contribution in [0.5, 0.6) is 0 Å². The quantitative estimate of drug-likeness (QED) is 0.775. The summed E-state index contributed by atoms with van der Waals surface area (Å²) < 4.78 is 0. The first kappa shape index (κ1) is 9.09. The predicted molar refractivity (Wildman–Crippen MR) is 56.9 cm³/mol. The number of fused-ring (bicyclic) bond motifs is 1. The van der Waals surface area contributed by atoms with E-state index >= 15 is 0 Å². The summed E-state index contributed by atoms with van der Waals surface area (Å²) in [4.78, 5) is 8.79. The largest absolute Gasteiger partial charge is 0.328 e. The summed E-state index contributed by atoms with van der Waals surface area (Å²) in [6.07, 6.45) is 2.57. The molecule has 0 spiro atoms. The lowest BCUT2D eigenvalue weighted by molar-refractivity contribution is 0.722. The van der Waals surface area contributed by atoms with Crippen molar-refractivity contribution in [2.45, 2.75) is 19.4 Å². The summed E-state index contributed by atoms with van der Waals surface area (Å²) in [6, 6.07) is 7.98. The van der Waals surface area contributed by atoms with Crippen LogP contribution >= 0.6 is 0 Å². The lowest BCUT2D eigenvalue weighted by Gasteiger charge is -2.04. The summed E-state index contributed by atoms with van der Waals surface area (Å²) in [5.74, 6) is 0. The Morgan fingerprint density at radius 1 is 1.29 bits per heavy atom. The SMILES string of the molecule is C[C@@H](N)Cc1cnc2ccccc2n1. The third-order valence-electron chi connectivity index (χ3n) is 2.03. The molecule has 1 aromatic carbocycles. The Hall–Kier alpha value is -1.48. The van der Waals surface area contributed by atoms with Gasteiger partial charge in [0.1, 0.15) is 0 Å². The summed E-state index contributed by atoms with van der Waals surface area (Å²) in [5.41, 5.74) is 8.53. The maximum absolute atomic E-state index is 5.70. The standard InChI is InChI=1S/C11H13N3/c1-8(12)6-9-7-13-10-4-2-3-5-11(10)14-9/h2-5,7-8H,6,12H2,1H3/t8-/m1/s1. The maximum Gasteiger partial charge on any atom is 0.0890 e. The minimum atomic E-state index is 0.130. The minimum Gasteiger partial charge on any atom is -0.328 e. The van der Waals surface area contributed by atoms with Crippen molar-refractivity contribution < 1.29 is 0 Å². The fourth-order valence-corrected chi connectivity index (χ4v) is 1.42. The van der Waals surface area contributed by atoms with Crippen molar-refractivity contribution in [3.8, 4) is 0 Å². The van der Waals surface area contributed by atoms with E-state index in [-0.39, 0.29) is 6.04 Å². The van der Waals surface area contributed by atoms with Crippen molar-refractivity contribution in [2.75, 3.05) is 0 Å². The van der Waals surface area contributed by atoms with Crippen molar-refractivity contribution in [3.63, 3.8) is 0 Å². The second-order valence-electron chi connectivity index (χ2n) is 3.53. The van der Waals surface area contributed by atoms with Gasteiger partial charge in [0, 0.05) is 18.7 Å². The predicted octanol–water partition coefficient (Wildman–Crippen LogP) is 1.52. The zero-order valence-electron chi connectivity index (χ0n) is 8.14. The molecule has 0 unspecified atom stereocenters. The third-order valence-corrected chi connectivity index (χ3v) is 2.03. The molecule has 0 radical (unpaired) electrons. The number of para-hydroxylation sites is 2. The molecule has 0 fully saturated rings. The highest BCUT2D eigenvalue weighted by molar-refractivity contribution is 5.73. The Morgan fingerprint density at radius 3 is 2.71 bits per heavy atom. The van der Waals surface area contributed by atoms with Crippen molar-refractivity contribution in [3.05, 3.63) is 36.2 Å². The number of hydrogen-bond acceptors (Lipinski definition) is 3. The minimum absolute atomic E-state index is 0.130. The Kier molecular flexibility index (Phi) is 2.41. The van der Waals surface area contributed by atoms with Gasteiger partial charge in [0.15, 0.2) is 0 Å². The molecular weight excluding hydrogens is 174 g/mol. The van der Waals surface area contributed by atoms with Crippen LogP contribution in [-0.4, -0.2) is 16.0 Å². The molecule has 14 heavy (non-hydrogen) atoms. The van der Waals surface area contributed by atoms with Crippen LogP contribution in [0.15, 0.2) is 30.5 Å². The summed E-state index contributed by atoms with van der Waals surface area (Å²) >= 11 is 0. The van der Waals surface area contributed by atoms with E-state index in [1.165, 1.54) is 0 Å². The lowest BCUT2D eigenvalue weighted by Crippen LogP contribution is -2.18. The number of benzene rings is 1. The first-order valence-corrected chi connectivity index (χ1v) is 4.72. The average Bonchev–Trinajstić information content (AvgIpc) is 2.17. The van der Waals surface area contributed by atoms with Gasteiger partial charge in [-0.25, -0.2) is 4.98 Å². The van der Waals surface area contributed by atoms with Gasteiger partial charge in [-0.1, -0.05) is 12.1 Å². The van der Waals surface area contributed by atoms with E-state index in [2.05, 4.69) is 9.97 Å². The molecule has 2 N–H and O–H groups in total. The number of rotatable bonds is 2. The molecule has 0 aliphatic heterocycles. The van der Waals surface area contributed by atoms with Gasteiger partial charge in [0.05, 0.1) is 16.7 Å². The smallest absolute Gasteiger partial charge is 0.0890 e. The molecule has 2 rings (SSSR count). The molecule has 1 atom stereocenters. The average molecular weight is 187 g/mol. The van der Waals surface area contributed by atoms with Crippen LogP contribution < -0.4 is 5.73 Å². The van der Waals surface area contributed by atoms with E-state index in [1.54, 1.807) is 6.20 Å². The Morgan fingerprint density at radius 2 is 2.00 bits per heavy atom. The normalized spacial score (nSPS) is 13.0. The van der Waals surface area contributed by atoms with Gasteiger partial charge in [0.2, 0.25) is 0 Å². The van der Waals surface area contributed by atoms with E-state index in [1.807, 2.05) is 31.2 Å². The van der Waals surface area contributed by atoms with Gasteiger partial charge >= 0.3 is 0 Å². The molecular formula is C11H13N3. The van der Waals surface area contributed by atoms with E-state index in [0.29, 0.717) is 0 Å². The first-order valence-electron chi connectivity index (χ1n) is 4.72. The Labute approximate surface area is 83.0 Å². The summed E-state index contributed by atoms with van der Waals surface area (Å²) in [5, 5.41) is 0. The van der Waals surface area contributed by atoms with Crippen LogP contribution in [0.4, 0.5) is 0 Å². The van der Waals surface area contributed by atoms with Crippen LogP contribution in [0.3, 0.4) is 0 Å². The van der Waals surface area contributed by atoms with E-state index in [0.717, 1.165) is 23.1 Å². The van der Waals surface area contributed by atoms with E-state index < -0.39 is 0 Å². The van der Waals surface area contributed by atoms with Crippen molar-refractivity contribution in [2.24, 2.45) is 5.73 Å². The van der Waals surface area contributed by atoms with E-state index in [4.69, 9.17) is 5.73 Å². The zero-order valence-corrected chi connectivity index (χ0v) is 8.14. The number of aromatic nitrogens is 2. The molecule has 1 aromatic heterocycles. The van der Waals surface area contributed by atoms with Crippen LogP contribution in [-0.2, 0) is 6.42 Å².